The fourth-order valence-corrected chi connectivity index (χ4v) is 1.55. The molecule has 3 nitrogen and oxygen atoms in total. The number of anilines is 1. The molecule has 0 aliphatic heterocycles. The Labute approximate surface area is 107 Å². The van der Waals surface area contributed by atoms with Crippen molar-refractivity contribution in [2.24, 2.45) is 0 Å². The van der Waals surface area contributed by atoms with Crippen molar-refractivity contribution in [1.82, 2.24) is 5.32 Å². The number of rotatable bonds is 5. The van der Waals surface area contributed by atoms with Crippen LogP contribution in [0, 0.1) is 6.92 Å². The first kappa shape index (κ1) is 13.6. The Kier molecular flexibility index (Phi) is 5.04. The Bertz CT molecular complexity index is 418. The van der Waals surface area contributed by atoms with Gasteiger partial charge in [0.25, 0.3) is 0 Å². The Morgan fingerprint density at radius 1 is 1.59 bits per heavy atom. The zero-order valence-electron chi connectivity index (χ0n) is 10.1. The molecule has 1 atom stereocenters. The molecule has 0 saturated carbocycles. The third kappa shape index (κ3) is 4.11. The van der Waals surface area contributed by atoms with Gasteiger partial charge in [0.05, 0.1) is 0 Å². The van der Waals surface area contributed by atoms with E-state index in [1.54, 1.807) is 13.0 Å². The summed E-state index contributed by atoms with van der Waals surface area (Å²) in [5.74, 6) is -0.0655. The van der Waals surface area contributed by atoms with Crippen molar-refractivity contribution in [3.05, 3.63) is 41.4 Å². The highest BCUT2D eigenvalue weighted by Crippen LogP contribution is 2.20. The summed E-state index contributed by atoms with van der Waals surface area (Å²) in [5.41, 5.74) is 1.93. The minimum atomic E-state index is -0.313. The van der Waals surface area contributed by atoms with E-state index >= 15 is 0 Å². The maximum absolute atomic E-state index is 11.6. The van der Waals surface area contributed by atoms with Gasteiger partial charge in [0, 0.05) is 17.3 Å². The fraction of sp³-hybridized carbons (Fsp3) is 0.308. The summed E-state index contributed by atoms with van der Waals surface area (Å²) in [6, 6.07) is 5.24. The van der Waals surface area contributed by atoms with Crippen molar-refractivity contribution in [1.29, 1.82) is 0 Å². The highest BCUT2D eigenvalue weighted by atomic mass is 35.5. The van der Waals surface area contributed by atoms with Crippen LogP contribution < -0.4 is 10.6 Å². The molecule has 92 valence electrons. The Hall–Kier alpha value is -1.48. The van der Waals surface area contributed by atoms with E-state index in [0.29, 0.717) is 11.6 Å². The molecule has 17 heavy (non-hydrogen) atoms. The molecule has 0 aliphatic rings. The summed E-state index contributed by atoms with van der Waals surface area (Å²) >= 11 is 5.91. The molecule has 0 fully saturated rings. The first-order valence-electron chi connectivity index (χ1n) is 5.46. The minimum Gasteiger partial charge on any atom is -0.374 e. The van der Waals surface area contributed by atoms with Gasteiger partial charge in [-0.25, -0.2) is 0 Å². The number of amides is 1. The SMILES string of the molecule is C=CCNC(=O)C(C)Nc1cc(Cl)ccc1C. The van der Waals surface area contributed by atoms with Crippen LogP contribution in [0.15, 0.2) is 30.9 Å². The molecule has 0 aliphatic carbocycles. The second-order valence-corrected chi connectivity index (χ2v) is 4.30. The van der Waals surface area contributed by atoms with Crippen molar-refractivity contribution >= 4 is 23.2 Å². The zero-order chi connectivity index (χ0) is 12.8. The standard InChI is InChI=1S/C13H17ClN2O/c1-4-7-15-13(17)10(3)16-12-8-11(14)6-5-9(12)2/h4-6,8,10,16H,1,7H2,2-3H3,(H,15,17). The summed E-state index contributed by atoms with van der Waals surface area (Å²) in [6.45, 7) is 7.79. The molecule has 1 unspecified atom stereocenters. The predicted molar refractivity (Wildman–Crippen MR) is 72.5 cm³/mol. The van der Waals surface area contributed by atoms with Crippen LogP contribution in [0.25, 0.3) is 0 Å². The van der Waals surface area contributed by atoms with Gasteiger partial charge in [-0.3, -0.25) is 4.79 Å². The van der Waals surface area contributed by atoms with Crippen LogP contribution in [0.3, 0.4) is 0 Å². The third-order valence-electron chi connectivity index (χ3n) is 2.39. The largest absolute Gasteiger partial charge is 0.374 e. The molecule has 0 aromatic heterocycles. The lowest BCUT2D eigenvalue weighted by Gasteiger charge is -2.16. The summed E-state index contributed by atoms with van der Waals surface area (Å²) in [5, 5.41) is 6.51. The van der Waals surface area contributed by atoms with E-state index in [4.69, 9.17) is 11.6 Å². The quantitative estimate of drug-likeness (QED) is 0.792. The summed E-state index contributed by atoms with van der Waals surface area (Å²) in [7, 11) is 0. The summed E-state index contributed by atoms with van der Waals surface area (Å²) in [6.07, 6.45) is 1.65. The van der Waals surface area contributed by atoms with E-state index in [-0.39, 0.29) is 11.9 Å². The number of carbonyl (C=O) groups is 1. The van der Waals surface area contributed by atoms with Crippen molar-refractivity contribution in [3.63, 3.8) is 0 Å². The molecule has 1 aromatic rings. The van der Waals surface area contributed by atoms with Crippen LogP contribution in [-0.2, 0) is 4.79 Å². The lowest BCUT2D eigenvalue weighted by molar-refractivity contribution is -0.121. The Morgan fingerprint density at radius 3 is 2.94 bits per heavy atom. The summed E-state index contributed by atoms with van der Waals surface area (Å²) in [4.78, 5) is 11.6. The average Bonchev–Trinajstić information content (AvgIpc) is 2.30. The van der Waals surface area contributed by atoms with Crippen LogP contribution in [-0.4, -0.2) is 18.5 Å². The first-order valence-corrected chi connectivity index (χ1v) is 5.83. The van der Waals surface area contributed by atoms with E-state index in [9.17, 15) is 4.79 Å². The molecule has 0 heterocycles. The van der Waals surface area contributed by atoms with Crippen LogP contribution in [0.1, 0.15) is 12.5 Å². The van der Waals surface area contributed by atoms with Crippen molar-refractivity contribution in [2.45, 2.75) is 19.9 Å². The van der Waals surface area contributed by atoms with E-state index in [0.717, 1.165) is 11.3 Å². The number of hydrogen-bond donors (Lipinski definition) is 2. The molecular formula is C13H17ClN2O. The van der Waals surface area contributed by atoms with Gasteiger partial charge in [-0.2, -0.15) is 0 Å². The van der Waals surface area contributed by atoms with Gasteiger partial charge >= 0.3 is 0 Å². The highest BCUT2D eigenvalue weighted by molar-refractivity contribution is 6.30. The number of hydrogen-bond acceptors (Lipinski definition) is 2. The predicted octanol–water partition coefficient (Wildman–Crippen LogP) is 2.75. The topological polar surface area (TPSA) is 41.1 Å². The van der Waals surface area contributed by atoms with Crippen molar-refractivity contribution in [2.75, 3.05) is 11.9 Å². The van der Waals surface area contributed by atoms with E-state index in [1.807, 2.05) is 25.1 Å². The molecule has 0 bridgehead atoms. The molecule has 0 spiro atoms. The molecule has 1 aromatic carbocycles. The van der Waals surface area contributed by atoms with Gasteiger partial charge in [0.15, 0.2) is 0 Å². The second kappa shape index (κ2) is 6.30. The van der Waals surface area contributed by atoms with Gasteiger partial charge < -0.3 is 10.6 Å². The molecule has 1 amide bonds. The van der Waals surface area contributed by atoms with Gasteiger partial charge in [-0.05, 0) is 31.5 Å². The molecular weight excluding hydrogens is 236 g/mol. The van der Waals surface area contributed by atoms with E-state index in [1.165, 1.54) is 0 Å². The summed E-state index contributed by atoms with van der Waals surface area (Å²) < 4.78 is 0. The average molecular weight is 253 g/mol. The zero-order valence-corrected chi connectivity index (χ0v) is 10.8. The molecule has 1 rings (SSSR count). The van der Waals surface area contributed by atoms with Gasteiger partial charge in [0.1, 0.15) is 6.04 Å². The molecule has 0 radical (unpaired) electrons. The lowest BCUT2D eigenvalue weighted by atomic mass is 10.2. The second-order valence-electron chi connectivity index (χ2n) is 3.86. The minimum absolute atomic E-state index is 0.0655. The Balaban J connectivity index is 2.66. The van der Waals surface area contributed by atoms with Crippen molar-refractivity contribution in [3.8, 4) is 0 Å². The number of carbonyl (C=O) groups excluding carboxylic acids is 1. The number of halogens is 1. The van der Waals surface area contributed by atoms with E-state index < -0.39 is 0 Å². The molecule has 2 N–H and O–H groups in total. The fourth-order valence-electron chi connectivity index (χ4n) is 1.37. The third-order valence-corrected chi connectivity index (χ3v) is 2.62. The smallest absolute Gasteiger partial charge is 0.242 e. The highest BCUT2D eigenvalue weighted by Gasteiger charge is 2.12. The van der Waals surface area contributed by atoms with Gasteiger partial charge in [0.2, 0.25) is 5.91 Å². The molecule has 0 saturated heterocycles. The Morgan fingerprint density at radius 2 is 2.29 bits per heavy atom. The van der Waals surface area contributed by atoms with Crippen LogP contribution in [0.5, 0.6) is 0 Å². The van der Waals surface area contributed by atoms with Gasteiger partial charge in [-0.15, -0.1) is 6.58 Å². The lowest BCUT2D eigenvalue weighted by Crippen LogP contribution is -2.37. The monoisotopic (exact) mass is 252 g/mol. The maximum atomic E-state index is 11.6. The van der Waals surface area contributed by atoms with Gasteiger partial charge in [-0.1, -0.05) is 23.7 Å². The van der Waals surface area contributed by atoms with Crippen LogP contribution >= 0.6 is 11.6 Å². The maximum Gasteiger partial charge on any atom is 0.242 e. The molecule has 4 heteroatoms. The normalized spacial score (nSPS) is 11.7. The number of aryl methyl sites for hydroxylation is 1. The first-order chi connectivity index (χ1) is 8.04. The number of nitrogens with one attached hydrogen (secondary N) is 2. The van der Waals surface area contributed by atoms with E-state index in [2.05, 4.69) is 17.2 Å². The van der Waals surface area contributed by atoms with Crippen molar-refractivity contribution < 1.29 is 4.79 Å². The van der Waals surface area contributed by atoms with Crippen LogP contribution in [0.4, 0.5) is 5.69 Å². The van der Waals surface area contributed by atoms with Crippen LogP contribution in [0.2, 0.25) is 5.02 Å². The number of benzene rings is 1.